The Bertz CT molecular complexity index is 2990. The minimum atomic E-state index is -0.207. The summed E-state index contributed by atoms with van der Waals surface area (Å²) < 4.78 is 24.4. The monoisotopic (exact) mass is 907 g/mol. The highest BCUT2D eigenvalue weighted by atomic mass is 19.1. The molecular weight excluding hydrogens is 831 g/mol. The van der Waals surface area contributed by atoms with Crippen LogP contribution in [0.1, 0.15) is 176 Å². The third-order valence-electron chi connectivity index (χ3n) is 18.6. The van der Waals surface area contributed by atoms with Gasteiger partial charge in [0.2, 0.25) is 0 Å². The molecule has 5 heteroatoms. The van der Waals surface area contributed by atoms with E-state index in [4.69, 9.17) is 4.74 Å². The number of rotatable bonds is 3. The summed E-state index contributed by atoms with van der Waals surface area (Å²) in [4.78, 5) is 5.24. The van der Waals surface area contributed by atoms with Crippen LogP contribution in [-0.4, -0.2) is 12.8 Å². The average molecular weight is 907 g/mol. The van der Waals surface area contributed by atoms with Crippen LogP contribution in [0, 0.1) is 29.5 Å². The molecule has 0 N–H and O–H groups in total. The van der Waals surface area contributed by atoms with E-state index in [9.17, 15) is 0 Å². The van der Waals surface area contributed by atoms with Crippen LogP contribution in [0.5, 0.6) is 0 Å². The highest BCUT2D eigenvalue weighted by molar-refractivity contribution is 6.94. The first-order chi connectivity index (χ1) is 31.6. The maximum atomic E-state index is 16.5. The molecule has 0 bridgehead atoms. The van der Waals surface area contributed by atoms with Crippen LogP contribution < -0.4 is 20.7 Å². The van der Waals surface area contributed by atoms with Crippen molar-refractivity contribution in [3.8, 4) is 11.1 Å². The van der Waals surface area contributed by atoms with E-state index in [1.807, 2.05) is 18.2 Å². The summed E-state index contributed by atoms with van der Waals surface area (Å²) in [5.74, 6) is -0.0212. The van der Waals surface area contributed by atoms with Crippen LogP contribution in [0.15, 0.2) is 96.3 Å². The molecule has 354 valence electrons. The maximum Gasteiger partial charge on any atom is 0.295 e. The van der Waals surface area contributed by atoms with E-state index in [2.05, 4.69) is 181 Å². The first-order valence-electron chi connectivity index (χ1n) is 26.0. The second kappa shape index (κ2) is 14.4. The normalized spacial score (nSPS) is 24.0. The molecule has 1 saturated carbocycles. The Morgan fingerprint density at radius 2 is 1.13 bits per heavy atom. The van der Waals surface area contributed by atoms with Crippen LogP contribution in [0.2, 0.25) is 0 Å². The number of fused-ring (bicyclic) bond motifs is 7. The van der Waals surface area contributed by atoms with Gasteiger partial charge in [0.15, 0.2) is 0 Å². The zero-order valence-corrected chi connectivity index (χ0v) is 44.2. The zero-order valence-electron chi connectivity index (χ0n) is 44.2. The minimum Gasteiger partial charge on any atom is -0.501 e. The largest absolute Gasteiger partial charge is 0.501 e. The van der Waals surface area contributed by atoms with Crippen LogP contribution in [0.25, 0.3) is 11.1 Å². The fraction of sp³-hybridized carbons (Fsp3) is 0.492. The van der Waals surface area contributed by atoms with Gasteiger partial charge in [-0.05, 0) is 171 Å². The SMILES string of the molecule is Cc1cc2c3c(c1)N(c1ccc(C(C)(C)C)cc1-c1ccccc1F)c1cc4c(cc1B3C1=C(C3C(O1)C(C)(C)CCC3(C)C)N2c1ccc2c(c1)C(C)(C)CCC2(C)C)C(C)(C)CCC4(C)C. The molecule has 3 nitrogen and oxygen atoms in total. The lowest BCUT2D eigenvalue weighted by atomic mass is 9.35. The molecule has 0 aromatic heterocycles. The Balaban J connectivity index is 1.28. The van der Waals surface area contributed by atoms with Crippen molar-refractivity contribution in [1.29, 1.82) is 0 Å². The molecule has 0 spiro atoms. The highest BCUT2D eigenvalue weighted by Crippen LogP contribution is 2.62. The predicted molar refractivity (Wildman–Crippen MR) is 286 cm³/mol. The van der Waals surface area contributed by atoms with Crippen molar-refractivity contribution >= 4 is 46.1 Å². The van der Waals surface area contributed by atoms with E-state index in [0.29, 0.717) is 5.56 Å². The van der Waals surface area contributed by atoms with Crippen LogP contribution >= 0.6 is 0 Å². The van der Waals surface area contributed by atoms with Gasteiger partial charge in [-0.25, -0.2) is 4.39 Å². The molecule has 68 heavy (non-hydrogen) atoms. The number of hydrogen-bond acceptors (Lipinski definition) is 3. The summed E-state index contributed by atoms with van der Waals surface area (Å²) in [5, 5.41) is 0. The van der Waals surface area contributed by atoms with Crippen LogP contribution in [0.3, 0.4) is 0 Å². The first kappa shape index (κ1) is 45.7. The maximum absolute atomic E-state index is 16.5. The average Bonchev–Trinajstić information content (AvgIpc) is 3.68. The van der Waals surface area contributed by atoms with Gasteiger partial charge < -0.3 is 14.5 Å². The van der Waals surface area contributed by atoms with Gasteiger partial charge in [-0.2, -0.15) is 0 Å². The highest BCUT2D eigenvalue weighted by Gasteiger charge is 2.61. The number of nitrogens with zero attached hydrogens (tertiary/aromatic N) is 2. The number of anilines is 5. The van der Waals surface area contributed by atoms with Gasteiger partial charge in [-0.15, -0.1) is 0 Å². The summed E-state index contributed by atoms with van der Waals surface area (Å²) in [5.41, 5.74) is 20.5. The molecule has 5 aromatic carbocycles. The summed E-state index contributed by atoms with van der Waals surface area (Å²) in [6, 6.07) is 31.8. The van der Waals surface area contributed by atoms with Crippen molar-refractivity contribution in [2.75, 3.05) is 9.80 Å². The van der Waals surface area contributed by atoms with Gasteiger partial charge in [0, 0.05) is 45.2 Å². The number of benzene rings is 5. The molecule has 1 fully saturated rings. The topological polar surface area (TPSA) is 15.7 Å². The van der Waals surface area contributed by atoms with Crippen molar-refractivity contribution < 1.29 is 9.13 Å². The van der Waals surface area contributed by atoms with Crippen molar-refractivity contribution in [2.24, 2.45) is 16.7 Å². The lowest BCUT2D eigenvalue weighted by molar-refractivity contribution is -0.0623. The Labute approximate surface area is 409 Å². The van der Waals surface area contributed by atoms with Crippen molar-refractivity contribution in [3.63, 3.8) is 0 Å². The number of ether oxygens (including phenoxy) is 1. The van der Waals surface area contributed by atoms with Crippen LogP contribution in [0.4, 0.5) is 32.8 Å². The molecular formula is C63H76BFN2O. The number of hydrogen-bond donors (Lipinski definition) is 0. The Hall–Kier alpha value is -4.77. The standard InChI is InChI=1S/C63H76BFN2O/c1-37-31-50-53-51(32-37)67(48-24-21-38(57(2,3)4)33-41(48)40-19-17-18-20-47(40)65)49-36-45-44(60(9,10)27-28-61(45,11)12)35-46(49)64(53)56-54(52-55(68-56)63(15,16)30-29-62(52,13)14)66(50)39-22-23-42-43(34-39)59(7,8)26-25-58(42,5)6/h17-24,31-36,52,55H,25-30H2,1-16H3. The molecule has 5 aromatic rings. The van der Waals surface area contributed by atoms with Crippen molar-refractivity contribution in [1.82, 2.24) is 0 Å². The van der Waals surface area contributed by atoms with Gasteiger partial charge in [-0.3, -0.25) is 0 Å². The first-order valence-corrected chi connectivity index (χ1v) is 26.0. The molecule has 3 heterocycles. The van der Waals surface area contributed by atoms with E-state index >= 15 is 4.39 Å². The van der Waals surface area contributed by atoms with Gasteiger partial charge in [-0.1, -0.05) is 140 Å². The molecule has 3 aliphatic carbocycles. The summed E-state index contributed by atoms with van der Waals surface area (Å²) in [7, 11) is 0. The summed E-state index contributed by atoms with van der Waals surface area (Å²) in [6.45, 7) is 38.4. The second-order valence-corrected chi connectivity index (χ2v) is 27.2. The quantitative estimate of drug-likeness (QED) is 0.168. The van der Waals surface area contributed by atoms with E-state index in [0.717, 1.165) is 54.7 Å². The minimum absolute atomic E-state index is 0.00397. The van der Waals surface area contributed by atoms with E-state index < -0.39 is 0 Å². The molecule has 3 aliphatic heterocycles. The van der Waals surface area contributed by atoms with Gasteiger partial charge >= 0.3 is 0 Å². The fourth-order valence-electron chi connectivity index (χ4n) is 13.9. The zero-order chi connectivity index (χ0) is 48.6. The molecule has 6 aliphatic rings. The third-order valence-corrected chi connectivity index (χ3v) is 18.6. The third kappa shape index (κ3) is 6.62. The predicted octanol–water partition coefficient (Wildman–Crippen LogP) is 16.0. The smallest absolute Gasteiger partial charge is 0.295 e. The molecule has 11 rings (SSSR count). The lowest BCUT2D eigenvalue weighted by Crippen LogP contribution is -2.57. The van der Waals surface area contributed by atoms with Crippen molar-refractivity contribution in [3.05, 3.63) is 135 Å². The second-order valence-electron chi connectivity index (χ2n) is 27.2. The molecule has 2 unspecified atom stereocenters. The fourth-order valence-corrected chi connectivity index (χ4v) is 13.9. The summed E-state index contributed by atoms with van der Waals surface area (Å²) in [6.07, 6.45) is 6.87. The van der Waals surface area contributed by atoms with Crippen LogP contribution in [-0.2, 0) is 31.8 Å². The van der Waals surface area contributed by atoms with Gasteiger partial charge in [0.1, 0.15) is 11.9 Å². The number of halogens is 1. The van der Waals surface area contributed by atoms with E-state index in [-0.39, 0.29) is 62.5 Å². The molecule has 0 saturated heterocycles. The lowest BCUT2D eigenvalue weighted by Gasteiger charge is -2.50. The number of aryl methyl sites for hydroxylation is 1. The molecule has 0 radical (unpaired) electrons. The van der Waals surface area contributed by atoms with Crippen molar-refractivity contribution in [2.45, 2.75) is 182 Å². The van der Waals surface area contributed by atoms with Gasteiger partial charge in [0.05, 0.1) is 17.0 Å². The molecule has 0 amide bonds. The van der Waals surface area contributed by atoms with E-state index in [1.54, 1.807) is 6.07 Å². The molecule has 2 atom stereocenters. The summed E-state index contributed by atoms with van der Waals surface area (Å²) >= 11 is 0. The Morgan fingerprint density at radius 1 is 0.559 bits per heavy atom. The van der Waals surface area contributed by atoms with E-state index in [1.165, 1.54) is 73.5 Å². The Morgan fingerprint density at radius 3 is 1.76 bits per heavy atom. The Kier molecular flexibility index (Phi) is 9.68. The van der Waals surface area contributed by atoms with Gasteiger partial charge in [0.25, 0.3) is 6.71 Å².